The van der Waals surface area contributed by atoms with Crippen molar-refractivity contribution in [2.45, 2.75) is 91.8 Å². The number of rotatable bonds is 13. The second-order valence-electron chi connectivity index (χ2n) is 12.7. The molecule has 2 aromatic rings. The highest BCUT2D eigenvalue weighted by molar-refractivity contribution is 7.41. The average Bonchev–Trinajstić information content (AvgIpc) is 2.97. The van der Waals surface area contributed by atoms with E-state index in [9.17, 15) is 14.6 Å². The average molecular weight is 635 g/mol. The van der Waals surface area contributed by atoms with Crippen LogP contribution in [0.1, 0.15) is 95.5 Å². The third-order valence-electron chi connectivity index (χ3n) is 8.94. The van der Waals surface area contributed by atoms with Gasteiger partial charge in [0.2, 0.25) is 5.78 Å². The number of carbonyl (C=O) groups is 1. The third-order valence-corrected chi connectivity index (χ3v) is 10.5. The molecule has 43 heavy (non-hydrogen) atoms. The van der Waals surface area contributed by atoms with Gasteiger partial charge in [-0.1, -0.05) is 66.0 Å². The predicted molar refractivity (Wildman–Crippen MR) is 170 cm³/mol. The van der Waals surface area contributed by atoms with Gasteiger partial charge < -0.3 is 23.6 Å². The van der Waals surface area contributed by atoms with Gasteiger partial charge in [0, 0.05) is 6.07 Å². The molecule has 0 aromatic heterocycles. The van der Waals surface area contributed by atoms with Gasteiger partial charge >= 0.3 is 17.2 Å². The standard InChI is InChI=1S/C33H48O8P2/c1-21(2)25-11-7-9-13-29(25)38-42(35)39-30-14-10-8-12-27(30)33(34)28-18-16-24(37-6)20-32(28)41-43(36)40-31-19-23(5)15-17-26(31)22(3)4/h8,10,12,14,16,18,20-23,25-26,29,31,35-36H,7,9,11,13,15,17,19H2,1-6H3/t23?,25-,26?,29?,31?,42?,43?/m0/s1. The first-order valence-corrected chi connectivity index (χ1v) is 17.8. The lowest BCUT2D eigenvalue weighted by molar-refractivity contribution is 0.0382. The van der Waals surface area contributed by atoms with Gasteiger partial charge in [-0.15, -0.1) is 0 Å². The molecule has 6 unspecified atom stereocenters. The zero-order chi connectivity index (χ0) is 31.1. The van der Waals surface area contributed by atoms with Crippen LogP contribution in [0, 0.1) is 29.6 Å². The molecule has 7 atom stereocenters. The molecule has 2 aliphatic rings. The van der Waals surface area contributed by atoms with Crippen LogP contribution in [-0.4, -0.2) is 34.9 Å². The van der Waals surface area contributed by atoms with E-state index in [0.717, 1.165) is 44.9 Å². The fourth-order valence-corrected chi connectivity index (χ4v) is 8.17. The van der Waals surface area contributed by atoms with Crippen molar-refractivity contribution in [3.63, 3.8) is 0 Å². The van der Waals surface area contributed by atoms with Gasteiger partial charge in [0.15, 0.2) is 0 Å². The molecule has 2 N–H and O–H groups in total. The molecule has 2 saturated carbocycles. The molecule has 10 heteroatoms. The van der Waals surface area contributed by atoms with E-state index in [1.165, 1.54) is 7.11 Å². The molecule has 0 aliphatic heterocycles. The number of hydrogen-bond acceptors (Lipinski definition) is 8. The summed E-state index contributed by atoms with van der Waals surface area (Å²) in [6, 6.07) is 11.6. The maximum Gasteiger partial charge on any atom is 0.394 e. The third kappa shape index (κ3) is 9.12. The molecule has 0 saturated heterocycles. The minimum absolute atomic E-state index is 0.0828. The second-order valence-corrected chi connectivity index (χ2v) is 14.4. The summed E-state index contributed by atoms with van der Waals surface area (Å²) in [5.41, 5.74) is 0.464. The molecule has 0 radical (unpaired) electrons. The Morgan fingerprint density at radius 3 is 2.09 bits per heavy atom. The summed E-state index contributed by atoms with van der Waals surface area (Å²) in [4.78, 5) is 35.7. The van der Waals surface area contributed by atoms with Gasteiger partial charge in [-0.2, -0.15) is 0 Å². The Balaban J connectivity index is 1.51. The van der Waals surface area contributed by atoms with Crippen LogP contribution in [0.3, 0.4) is 0 Å². The van der Waals surface area contributed by atoms with E-state index < -0.39 is 17.2 Å². The molecule has 0 bridgehead atoms. The Morgan fingerprint density at radius 1 is 0.791 bits per heavy atom. The van der Waals surface area contributed by atoms with Gasteiger partial charge in [0.05, 0.1) is 30.4 Å². The van der Waals surface area contributed by atoms with Crippen molar-refractivity contribution in [3.8, 4) is 17.2 Å². The molecular weight excluding hydrogens is 586 g/mol. The van der Waals surface area contributed by atoms with Crippen molar-refractivity contribution < 1.29 is 37.4 Å². The minimum Gasteiger partial charge on any atom is -0.497 e. The van der Waals surface area contributed by atoms with Gasteiger partial charge in [-0.25, -0.2) is 0 Å². The zero-order valence-electron chi connectivity index (χ0n) is 26.3. The molecule has 2 fully saturated rings. The summed E-state index contributed by atoms with van der Waals surface area (Å²) in [7, 11) is -3.04. The fourth-order valence-electron chi connectivity index (χ4n) is 6.47. The molecule has 2 aliphatic carbocycles. The Bertz CT molecular complexity index is 1190. The lowest BCUT2D eigenvalue weighted by Crippen LogP contribution is -2.33. The summed E-state index contributed by atoms with van der Waals surface area (Å²) >= 11 is 0. The Labute approximate surface area is 259 Å². The molecule has 238 valence electrons. The van der Waals surface area contributed by atoms with E-state index in [2.05, 4.69) is 34.6 Å². The number of ether oxygens (including phenoxy) is 1. The van der Waals surface area contributed by atoms with Crippen LogP contribution in [0.15, 0.2) is 42.5 Å². The highest BCUT2D eigenvalue weighted by Crippen LogP contribution is 2.47. The van der Waals surface area contributed by atoms with Crippen molar-refractivity contribution >= 4 is 23.0 Å². The van der Waals surface area contributed by atoms with Crippen LogP contribution < -0.4 is 13.8 Å². The molecule has 4 rings (SSSR count). The van der Waals surface area contributed by atoms with Crippen LogP contribution in [0.5, 0.6) is 17.2 Å². The number of para-hydroxylation sites is 1. The highest BCUT2D eigenvalue weighted by Gasteiger charge is 2.35. The topological polar surface area (TPSA) is 104 Å². The van der Waals surface area contributed by atoms with E-state index in [4.69, 9.17) is 22.8 Å². The van der Waals surface area contributed by atoms with E-state index in [1.54, 1.807) is 42.5 Å². The lowest BCUT2D eigenvalue weighted by atomic mass is 9.75. The first-order valence-electron chi connectivity index (χ1n) is 15.6. The zero-order valence-corrected chi connectivity index (χ0v) is 28.1. The van der Waals surface area contributed by atoms with Gasteiger partial charge in [-0.05, 0) is 79.5 Å². The Hall–Kier alpha value is -1.79. The molecule has 2 aromatic carbocycles. The summed E-state index contributed by atoms with van der Waals surface area (Å²) < 4.78 is 29.3. The van der Waals surface area contributed by atoms with Crippen molar-refractivity contribution in [3.05, 3.63) is 53.6 Å². The molecular formula is C33H48O8P2. The first kappa shape index (κ1) is 34.1. The van der Waals surface area contributed by atoms with Crippen LogP contribution in [0.2, 0.25) is 0 Å². The maximum atomic E-state index is 13.9. The first-order chi connectivity index (χ1) is 20.6. The van der Waals surface area contributed by atoms with E-state index >= 15 is 0 Å². The Kier molecular flexibility index (Phi) is 12.7. The van der Waals surface area contributed by atoms with Crippen molar-refractivity contribution in [2.24, 2.45) is 29.6 Å². The van der Waals surface area contributed by atoms with Crippen LogP contribution in [-0.2, 0) is 9.05 Å². The number of ketones is 1. The summed E-state index contributed by atoms with van der Waals surface area (Å²) in [5, 5.41) is 0. The Morgan fingerprint density at radius 2 is 1.40 bits per heavy atom. The summed E-state index contributed by atoms with van der Waals surface area (Å²) in [6.07, 6.45) is 6.99. The quantitative estimate of drug-likeness (QED) is 0.166. The monoisotopic (exact) mass is 634 g/mol. The highest BCUT2D eigenvalue weighted by atomic mass is 31.2. The minimum atomic E-state index is -2.31. The molecule has 0 amide bonds. The molecule has 0 heterocycles. The fraction of sp³-hybridized carbons (Fsp3) is 0.606. The van der Waals surface area contributed by atoms with Gasteiger partial charge in [0.25, 0.3) is 0 Å². The van der Waals surface area contributed by atoms with Crippen LogP contribution in [0.4, 0.5) is 0 Å². The second kappa shape index (κ2) is 16.0. The number of carbonyl (C=O) groups excluding carboxylic acids is 1. The van der Waals surface area contributed by atoms with E-state index in [0.29, 0.717) is 35.3 Å². The van der Waals surface area contributed by atoms with E-state index in [-0.39, 0.29) is 40.6 Å². The van der Waals surface area contributed by atoms with E-state index in [1.807, 2.05) is 0 Å². The lowest BCUT2D eigenvalue weighted by Gasteiger charge is -2.37. The van der Waals surface area contributed by atoms with Gasteiger partial charge in [-0.3, -0.25) is 13.8 Å². The maximum absolute atomic E-state index is 13.9. The van der Waals surface area contributed by atoms with Crippen LogP contribution in [0.25, 0.3) is 0 Å². The van der Waals surface area contributed by atoms with Crippen molar-refractivity contribution in [1.29, 1.82) is 0 Å². The molecule has 8 nitrogen and oxygen atoms in total. The normalized spacial score (nSPS) is 25.8. The van der Waals surface area contributed by atoms with Gasteiger partial charge in [0.1, 0.15) is 17.2 Å². The summed E-state index contributed by atoms with van der Waals surface area (Å²) in [6.45, 7) is 10.9. The van der Waals surface area contributed by atoms with Crippen molar-refractivity contribution in [2.75, 3.05) is 7.11 Å². The smallest absolute Gasteiger partial charge is 0.394 e. The van der Waals surface area contributed by atoms with Crippen LogP contribution >= 0.6 is 17.2 Å². The number of methoxy groups -OCH3 is 1. The largest absolute Gasteiger partial charge is 0.497 e. The number of benzene rings is 2. The number of hydrogen-bond donors (Lipinski definition) is 2. The summed E-state index contributed by atoms with van der Waals surface area (Å²) in [5.74, 6) is 2.51. The SMILES string of the molecule is COc1ccc(C(=O)c2ccccc2OP(O)OC2CCCC[C@H]2C(C)C)c(OP(O)OC2CC(C)CCC2C(C)C)c1. The molecule has 0 spiro atoms. The van der Waals surface area contributed by atoms with Crippen molar-refractivity contribution in [1.82, 2.24) is 0 Å². The predicted octanol–water partition coefficient (Wildman–Crippen LogP) is 8.83.